The number of nitriles is 1. The Bertz CT molecular complexity index is 1140. The highest BCUT2D eigenvalue weighted by molar-refractivity contribution is 7.90. The Morgan fingerprint density at radius 1 is 1.08 bits per heavy atom. The van der Waals surface area contributed by atoms with Crippen molar-refractivity contribution in [3.63, 3.8) is 0 Å². The number of sulfone groups is 1. The van der Waals surface area contributed by atoms with Gasteiger partial charge in [0, 0.05) is 13.1 Å². The number of rotatable bonds is 3. The highest BCUT2D eigenvalue weighted by Crippen LogP contribution is 2.22. The van der Waals surface area contributed by atoms with E-state index in [-0.39, 0.29) is 21.8 Å². The molecular formula is C18H14N2O3S. The molecule has 0 aliphatic heterocycles. The van der Waals surface area contributed by atoms with Gasteiger partial charge in [-0.25, -0.2) is 8.42 Å². The van der Waals surface area contributed by atoms with Crippen LogP contribution < -0.4 is 5.56 Å². The predicted octanol–water partition coefficient (Wildman–Crippen LogP) is 2.38. The molecule has 0 saturated carbocycles. The van der Waals surface area contributed by atoms with Crippen LogP contribution in [0.25, 0.3) is 10.9 Å². The van der Waals surface area contributed by atoms with Crippen molar-refractivity contribution in [3.05, 3.63) is 76.1 Å². The SMILES string of the molecule is Cn1c(=O)ccc2cc(CS(=O)(=O)c3ccccc3C#N)ccc21. The van der Waals surface area contributed by atoms with Gasteiger partial charge in [-0.2, -0.15) is 5.26 Å². The van der Waals surface area contributed by atoms with Gasteiger partial charge in [-0.05, 0) is 41.3 Å². The highest BCUT2D eigenvalue weighted by atomic mass is 32.2. The number of hydrogen-bond acceptors (Lipinski definition) is 4. The first-order valence-corrected chi connectivity index (χ1v) is 8.88. The summed E-state index contributed by atoms with van der Waals surface area (Å²) in [6, 6.07) is 16.4. The largest absolute Gasteiger partial charge is 0.311 e. The Morgan fingerprint density at radius 2 is 1.83 bits per heavy atom. The van der Waals surface area contributed by atoms with Crippen molar-refractivity contribution in [2.45, 2.75) is 10.6 Å². The summed E-state index contributed by atoms with van der Waals surface area (Å²) in [5.74, 6) is -0.204. The number of benzene rings is 2. The van der Waals surface area contributed by atoms with Crippen molar-refractivity contribution in [2.75, 3.05) is 0 Å². The van der Waals surface area contributed by atoms with Crippen molar-refractivity contribution in [1.29, 1.82) is 5.26 Å². The van der Waals surface area contributed by atoms with E-state index in [1.807, 2.05) is 6.07 Å². The number of nitrogens with zero attached hydrogens (tertiary/aromatic N) is 2. The standard InChI is InChI=1S/C18H14N2O3S/c1-20-16-8-6-13(10-14(16)7-9-18(20)21)12-24(22,23)17-5-3-2-4-15(17)11-19/h2-10H,12H2,1H3. The van der Waals surface area contributed by atoms with E-state index in [2.05, 4.69) is 0 Å². The van der Waals surface area contributed by atoms with Crippen LogP contribution in [0.3, 0.4) is 0 Å². The fraction of sp³-hybridized carbons (Fsp3) is 0.111. The zero-order valence-electron chi connectivity index (χ0n) is 12.9. The number of aryl methyl sites for hydroxylation is 1. The molecule has 0 atom stereocenters. The second-order valence-corrected chi connectivity index (χ2v) is 7.45. The second kappa shape index (κ2) is 5.95. The second-order valence-electron chi connectivity index (χ2n) is 5.49. The molecule has 0 unspecified atom stereocenters. The third-order valence-corrected chi connectivity index (χ3v) is 5.63. The van der Waals surface area contributed by atoms with Crippen LogP contribution >= 0.6 is 0 Å². The zero-order valence-corrected chi connectivity index (χ0v) is 13.7. The van der Waals surface area contributed by atoms with Crippen molar-refractivity contribution in [3.8, 4) is 6.07 Å². The molecular weight excluding hydrogens is 324 g/mol. The Labute approximate surface area is 139 Å². The maximum absolute atomic E-state index is 12.6. The first-order chi connectivity index (χ1) is 11.4. The molecule has 5 nitrogen and oxygen atoms in total. The van der Waals surface area contributed by atoms with E-state index in [9.17, 15) is 13.2 Å². The summed E-state index contributed by atoms with van der Waals surface area (Å²) in [5, 5.41) is 9.89. The van der Waals surface area contributed by atoms with Gasteiger partial charge < -0.3 is 4.57 Å². The molecule has 1 aromatic heterocycles. The van der Waals surface area contributed by atoms with Crippen molar-refractivity contribution in [1.82, 2.24) is 4.57 Å². The van der Waals surface area contributed by atoms with Crippen LogP contribution in [0.2, 0.25) is 0 Å². The molecule has 0 aliphatic carbocycles. The van der Waals surface area contributed by atoms with Gasteiger partial charge in [-0.15, -0.1) is 0 Å². The molecule has 0 aliphatic rings. The first-order valence-electron chi connectivity index (χ1n) is 7.23. The lowest BCUT2D eigenvalue weighted by molar-refractivity contribution is 0.595. The lowest BCUT2D eigenvalue weighted by atomic mass is 10.1. The number of hydrogen-bond donors (Lipinski definition) is 0. The number of aromatic nitrogens is 1. The van der Waals surface area contributed by atoms with Crippen molar-refractivity contribution in [2.24, 2.45) is 7.05 Å². The normalized spacial score (nSPS) is 11.3. The van der Waals surface area contributed by atoms with Crippen LogP contribution in [0, 0.1) is 11.3 Å². The summed E-state index contributed by atoms with van der Waals surface area (Å²) in [7, 11) is -1.96. The molecule has 0 amide bonds. The van der Waals surface area contributed by atoms with E-state index in [1.54, 1.807) is 43.4 Å². The fourth-order valence-corrected chi connectivity index (χ4v) is 4.16. The van der Waals surface area contributed by atoms with Crippen LogP contribution in [0.5, 0.6) is 0 Å². The van der Waals surface area contributed by atoms with Crippen molar-refractivity contribution >= 4 is 20.7 Å². The van der Waals surface area contributed by atoms with E-state index in [0.29, 0.717) is 5.56 Å². The Kier molecular flexibility index (Phi) is 3.96. The Hall–Kier alpha value is -2.91. The van der Waals surface area contributed by atoms with Gasteiger partial charge in [0.15, 0.2) is 9.84 Å². The molecule has 1 heterocycles. The maximum atomic E-state index is 12.6. The molecule has 2 aromatic carbocycles. The van der Waals surface area contributed by atoms with Crippen molar-refractivity contribution < 1.29 is 8.42 Å². The fourth-order valence-electron chi connectivity index (χ4n) is 2.65. The maximum Gasteiger partial charge on any atom is 0.250 e. The Balaban J connectivity index is 2.05. The lowest BCUT2D eigenvalue weighted by Gasteiger charge is -2.09. The van der Waals surface area contributed by atoms with Crippen LogP contribution in [-0.2, 0) is 22.6 Å². The zero-order chi connectivity index (χ0) is 17.3. The molecule has 3 aromatic rings. The van der Waals surface area contributed by atoms with Gasteiger partial charge in [-0.3, -0.25) is 4.79 Å². The Morgan fingerprint density at radius 3 is 2.58 bits per heavy atom. The molecule has 0 fully saturated rings. The summed E-state index contributed by atoms with van der Waals surface area (Å²) in [4.78, 5) is 11.7. The predicted molar refractivity (Wildman–Crippen MR) is 91.2 cm³/mol. The van der Waals surface area contributed by atoms with Gasteiger partial charge in [0.1, 0.15) is 6.07 Å². The minimum atomic E-state index is -3.63. The highest BCUT2D eigenvalue weighted by Gasteiger charge is 2.19. The number of fused-ring (bicyclic) bond motifs is 1. The summed E-state index contributed by atoms with van der Waals surface area (Å²) < 4.78 is 26.8. The molecule has 120 valence electrons. The van der Waals surface area contributed by atoms with Gasteiger partial charge >= 0.3 is 0 Å². The van der Waals surface area contributed by atoms with Gasteiger partial charge in [0.2, 0.25) is 0 Å². The smallest absolute Gasteiger partial charge is 0.250 e. The molecule has 0 saturated heterocycles. The quantitative estimate of drug-likeness (QED) is 0.734. The average Bonchev–Trinajstić information content (AvgIpc) is 2.58. The van der Waals surface area contributed by atoms with Crippen LogP contribution in [0.15, 0.2) is 64.3 Å². The van der Waals surface area contributed by atoms with Crippen LogP contribution in [-0.4, -0.2) is 13.0 Å². The van der Waals surface area contributed by atoms with E-state index in [0.717, 1.165) is 10.9 Å². The van der Waals surface area contributed by atoms with Crippen LogP contribution in [0.4, 0.5) is 0 Å². The monoisotopic (exact) mass is 338 g/mol. The van der Waals surface area contributed by atoms with Gasteiger partial charge in [-0.1, -0.05) is 18.2 Å². The first kappa shape index (κ1) is 16.0. The summed E-state index contributed by atoms with van der Waals surface area (Å²) >= 11 is 0. The third kappa shape index (κ3) is 2.82. The molecule has 3 rings (SSSR count). The summed E-state index contributed by atoms with van der Waals surface area (Å²) in [6.07, 6.45) is 0. The average molecular weight is 338 g/mol. The lowest BCUT2D eigenvalue weighted by Crippen LogP contribution is -2.15. The van der Waals surface area contributed by atoms with E-state index in [4.69, 9.17) is 5.26 Å². The van der Waals surface area contributed by atoms with Gasteiger partial charge in [0.25, 0.3) is 5.56 Å². The topological polar surface area (TPSA) is 79.9 Å². The summed E-state index contributed by atoms with van der Waals surface area (Å²) in [5.41, 5.74) is 1.36. The number of pyridine rings is 1. The van der Waals surface area contributed by atoms with E-state index in [1.165, 1.54) is 22.8 Å². The summed E-state index contributed by atoms with van der Waals surface area (Å²) in [6.45, 7) is 0. The molecule has 24 heavy (non-hydrogen) atoms. The van der Waals surface area contributed by atoms with E-state index >= 15 is 0 Å². The molecule has 0 spiro atoms. The molecule has 0 radical (unpaired) electrons. The van der Waals surface area contributed by atoms with Gasteiger partial charge in [0.05, 0.1) is 21.7 Å². The third-order valence-electron chi connectivity index (χ3n) is 3.89. The minimum Gasteiger partial charge on any atom is -0.311 e. The van der Waals surface area contributed by atoms with E-state index < -0.39 is 9.84 Å². The molecule has 6 heteroatoms. The molecule has 0 bridgehead atoms. The molecule has 0 N–H and O–H groups in total. The van der Waals surface area contributed by atoms with Crippen LogP contribution in [0.1, 0.15) is 11.1 Å². The minimum absolute atomic E-state index is 0.0352.